The summed E-state index contributed by atoms with van der Waals surface area (Å²) in [6.07, 6.45) is 2.31. The Kier molecular flexibility index (Phi) is 8.02. The van der Waals surface area contributed by atoms with E-state index < -0.39 is 21.8 Å². The molecule has 0 unspecified atom stereocenters. The van der Waals surface area contributed by atoms with Crippen LogP contribution in [0.2, 0.25) is 0 Å². The van der Waals surface area contributed by atoms with Gasteiger partial charge in [0.25, 0.3) is 0 Å². The van der Waals surface area contributed by atoms with Gasteiger partial charge in [0.15, 0.2) is 0 Å². The first-order valence-electron chi connectivity index (χ1n) is 12.0. The first kappa shape index (κ1) is 25.9. The van der Waals surface area contributed by atoms with E-state index >= 15 is 0 Å². The van der Waals surface area contributed by atoms with Gasteiger partial charge < -0.3 is 9.64 Å². The predicted octanol–water partition coefficient (Wildman–Crippen LogP) is 4.59. The Hall–Kier alpha value is -2.17. The molecule has 1 saturated heterocycles. The maximum Gasteiger partial charge on any atom is 0.416 e. The number of nitrogens with zero attached hydrogens (tertiary/aromatic N) is 2. The predicted molar refractivity (Wildman–Crippen MR) is 129 cm³/mol. The summed E-state index contributed by atoms with van der Waals surface area (Å²) in [5, 5.41) is 0. The number of nitrogens with one attached hydrogen (secondary N) is 1. The zero-order valence-corrected chi connectivity index (χ0v) is 20.6. The fraction of sp³-hybridized carbons (Fsp3) is 0.560. The van der Waals surface area contributed by atoms with Gasteiger partial charge in [-0.2, -0.15) is 13.2 Å². The molecule has 1 aliphatic carbocycles. The van der Waals surface area contributed by atoms with Crippen molar-refractivity contribution in [2.24, 2.45) is 5.92 Å². The van der Waals surface area contributed by atoms with E-state index in [1.807, 2.05) is 18.2 Å². The number of sulfonamides is 1. The van der Waals surface area contributed by atoms with E-state index in [0.29, 0.717) is 26.1 Å². The molecule has 192 valence electrons. The van der Waals surface area contributed by atoms with Gasteiger partial charge in [-0.05, 0) is 61.8 Å². The van der Waals surface area contributed by atoms with Crippen LogP contribution in [-0.2, 0) is 20.9 Å². The number of hydrogen-bond acceptors (Lipinski definition) is 5. The van der Waals surface area contributed by atoms with E-state index in [9.17, 15) is 21.6 Å². The highest BCUT2D eigenvalue weighted by atomic mass is 32.2. The summed E-state index contributed by atoms with van der Waals surface area (Å²) in [6.45, 7) is 1.74. The quantitative estimate of drug-likeness (QED) is 0.589. The first-order chi connectivity index (χ1) is 16.6. The highest BCUT2D eigenvalue weighted by Gasteiger charge is 2.34. The second-order valence-corrected chi connectivity index (χ2v) is 11.4. The normalized spacial score (nSPS) is 26.0. The summed E-state index contributed by atoms with van der Waals surface area (Å²) in [4.78, 5) is 6.57. The van der Waals surface area contributed by atoms with Crippen molar-refractivity contribution in [1.29, 1.82) is 0 Å². The zero-order valence-electron chi connectivity index (χ0n) is 19.7. The Bertz CT molecular complexity index is 1070. The molecule has 1 aromatic heterocycles. The van der Waals surface area contributed by atoms with E-state index in [2.05, 4.69) is 14.6 Å². The number of benzene rings is 1. The van der Waals surface area contributed by atoms with Crippen LogP contribution in [0.15, 0.2) is 48.7 Å². The van der Waals surface area contributed by atoms with Crippen LogP contribution in [0.4, 0.5) is 19.0 Å². The van der Waals surface area contributed by atoms with E-state index in [4.69, 9.17) is 4.74 Å². The smallest absolute Gasteiger partial charge is 0.378 e. The van der Waals surface area contributed by atoms with Gasteiger partial charge in [0.05, 0.1) is 24.5 Å². The fourth-order valence-electron chi connectivity index (χ4n) is 5.17. The highest BCUT2D eigenvalue weighted by molar-refractivity contribution is 7.88. The molecule has 2 aliphatic rings. The molecule has 0 amide bonds. The molecule has 2 aromatic rings. The average Bonchev–Trinajstić information content (AvgIpc) is 2.83. The molecule has 1 aliphatic heterocycles. The van der Waals surface area contributed by atoms with Gasteiger partial charge in [0.1, 0.15) is 5.82 Å². The van der Waals surface area contributed by atoms with Gasteiger partial charge in [-0.1, -0.05) is 24.3 Å². The van der Waals surface area contributed by atoms with Crippen LogP contribution in [-0.4, -0.2) is 51.5 Å². The topological polar surface area (TPSA) is 71.5 Å². The number of pyridine rings is 1. The SMILES string of the molecule is CS(=O)(=O)N[C@H]1CCN(c2ccccn2)C[C@H]1COC1CCC(c2cccc(C(F)(F)F)c2)CC1. The van der Waals surface area contributed by atoms with E-state index in [1.54, 1.807) is 12.3 Å². The average molecular weight is 512 g/mol. The Balaban J connectivity index is 1.34. The molecule has 0 spiro atoms. The van der Waals surface area contributed by atoms with Crippen molar-refractivity contribution in [1.82, 2.24) is 9.71 Å². The maximum absolute atomic E-state index is 13.1. The van der Waals surface area contributed by atoms with Crippen LogP contribution in [0.3, 0.4) is 0 Å². The largest absolute Gasteiger partial charge is 0.416 e. The van der Waals surface area contributed by atoms with Crippen molar-refractivity contribution >= 4 is 15.8 Å². The summed E-state index contributed by atoms with van der Waals surface area (Å²) in [7, 11) is -3.35. The van der Waals surface area contributed by atoms with Gasteiger partial charge in [-0.15, -0.1) is 0 Å². The number of anilines is 1. The maximum atomic E-state index is 13.1. The van der Waals surface area contributed by atoms with E-state index in [0.717, 1.165) is 43.1 Å². The van der Waals surface area contributed by atoms with Crippen LogP contribution >= 0.6 is 0 Å². The molecular formula is C25H32F3N3O3S. The first-order valence-corrected chi connectivity index (χ1v) is 13.9. The van der Waals surface area contributed by atoms with Crippen LogP contribution in [0.5, 0.6) is 0 Å². The Labute approximate surface area is 204 Å². The Morgan fingerprint density at radius 2 is 1.86 bits per heavy atom. The molecule has 1 N–H and O–H groups in total. The Morgan fingerprint density at radius 3 is 2.51 bits per heavy atom. The van der Waals surface area contributed by atoms with Crippen molar-refractivity contribution in [3.05, 3.63) is 59.8 Å². The minimum absolute atomic E-state index is 0.0150. The molecule has 2 atom stereocenters. The molecule has 4 rings (SSSR count). The van der Waals surface area contributed by atoms with Crippen LogP contribution in [0, 0.1) is 5.92 Å². The summed E-state index contributed by atoms with van der Waals surface area (Å²) in [6, 6.07) is 11.1. The lowest BCUT2D eigenvalue weighted by molar-refractivity contribution is -0.137. The van der Waals surface area contributed by atoms with Crippen molar-refractivity contribution in [3.8, 4) is 0 Å². The molecule has 2 heterocycles. The lowest BCUT2D eigenvalue weighted by Crippen LogP contribution is -2.52. The monoisotopic (exact) mass is 511 g/mol. The number of rotatable bonds is 7. The molecular weight excluding hydrogens is 479 g/mol. The van der Waals surface area contributed by atoms with Crippen molar-refractivity contribution in [3.63, 3.8) is 0 Å². The summed E-state index contributed by atoms with van der Waals surface area (Å²) < 4.78 is 72.1. The van der Waals surface area contributed by atoms with Gasteiger partial charge in [-0.3, -0.25) is 0 Å². The van der Waals surface area contributed by atoms with Crippen LogP contribution in [0.25, 0.3) is 0 Å². The number of alkyl halides is 3. The molecule has 0 radical (unpaired) electrons. The van der Waals surface area contributed by atoms with Crippen molar-refractivity contribution in [2.45, 2.75) is 56.3 Å². The van der Waals surface area contributed by atoms with Crippen molar-refractivity contribution in [2.75, 3.05) is 30.9 Å². The number of piperidine rings is 1. The van der Waals surface area contributed by atoms with Gasteiger partial charge in [0.2, 0.25) is 10.0 Å². The second kappa shape index (κ2) is 10.8. The molecule has 0 bridgehead atoms. The summed E-state index contributed by atoms with van der Waals surface area (Å²) in [5.74, 6) is 0.907. The van der Waals surface area contributed by atoms with Gasteiger partial charge in [-0.25, -0.2) is 18.1 Å². The molecule has 35 heavy (non-hydrogen) atoms. The molecule has 1 aromatic carbocycles. The minimum atomic E-state index is -4.34. The molecule has 1 saturated carbocycles. The second-order valence-electron chi connectivity index (χ2n) is 9.61. The van der Waals surface area contributed by atoms with Gasteiger partial charge >= 0.3 is 6.18 Å². The molecule has 6 nitrogen and oxygen atoms in total. The standard InChI is InChI=1S/C25H32F3N3O3S/c1-35(32,33)30-23-12-14-31(24-7-2-3-13-29-24)16-20(23)17-34-22-10-8-18(9-11-22)19-5-4-6-21(15-19)25(26,27)28/h2-7,13,15,18,20,22-23,30H,8-12,14,16-17H2,1H3/t18?,20-,22?,23-/m0/s1. The van der Waals surface area contributed by atoms with E-state index in [1.165, 1.54) is 18.4 Å². The zero-order chi connectivity index (χ0) is 25.1. The molecule has 10 heteroatoms. The summed E-state index contributed by atoms with van der Waals surface area (Å²) >= 11 is 0. The highest BCUT2D eigenvalue weighted by Crippen LogP contribution is 2.37. The summed E-state index contributed by atoms with van der Waals surface area (Å²) in [5.41, 5.74) is 0.126. The molecule has 2 fully saturated rings. The Morgan fingerprint density at radius 1 is 1.09 bits per heavy atom. The van der Waals surface area contributed by atoms with E-state index in [-0.39, 0.29) is 24.0 Å². The third-order valence-electron chi connectivity index (χ3n) is 6.98. The third-order valence-corrected chi connectivity index (χ3v) is 7.71. The number of hydrogen-bond donors (Lipinski definition) is 1. The lowest BCUT2D eigenvalue weighted by atomic mass is 9.82. The minimum Gasteiger partial charge on any atom is -0.378 e. The van der Waals surface area contributed by atoms with Crippen molar-refractivity contribution < 1.29 is 26.3 Å². The number of ether oxygens (including phenoxy) is 1. The van der Waals surface area contributed by atoms with Crippen LogP contribution < -0.4 is 9.62 Å². The lowest BCUT2D eigenvalue weighted by Gasteiger charge is -2.40. The van der Waals surface area contributed by atoms with Crippen LogP contribution in [0.1, 0.15) is 49.1 Å². The van der Waals surface area contributed by atoms with Gasteiger partial charge in [0, 0.05) is 31.2 Å². The number of halogens is 3. The fourth-order valence-corrected chi connectivity index (χ4v) is 6.03. The third kappa shape index (κ3) is 7.17. The number of aromatic nitrogens is 1.